The molecule has 0 aliphatic heterocycles. The van der Waals surface area contributed by atoms with E-state index in [9.17, 15) is 9.18 Å². The molecule has 1 aliphatic rings. The van der Waals surface area contributed by atoms with Crippen molar-refractivity contribution in [2.45, 2.75) is 25.8 Å². The lowest BCUT2D eigenvalue weighted by atomic mass is 10.1. The first kappa shape index (κ1) is 14.9. The van der Waals surface area contributed by atoms with Crippen LogP contribution in [-0.2, 0) is 0 Å². The molecular formula is C19H18FN3O. The number of nitrogens with zero attached hydrogens (tertiary/aromatic N) is 2. The largest absolute Gasteiger partial charge is 0.349 e. The van der Waals surface area contributed by atoms with Gasteiger partial charge in [-0.15, -0.1) is 0 Å². The van der Waals surface area contributed by atoms with Crippen LogP contribution in [0.2, 0.25) is 0 Å². The molecule has 5 heteroatoms. The summed E-state index contributed by atoms with van der Waals surface area (Å²) in [4.78, 5) is 16.9. The van der Waals surface area contributed by atoms with E-state index in [2.05, 4.69) is 10.3 Å². The van der Waals surface area contributed by atoms with Crippen molar-refractivity contribution in [2.75, 3.05) is 0 Å². The molecule has 2 heterocycles. The number of rotatable bonds is 4. The van der Waals surface area contributed by atoms with E-state index in [1.165, 1.54) is 25.0 Å². The summed E-state index contributed by atoms with van der Waals surface area (Å²) in [6.45, 7) is 2.05. The number of carbonyl (C=O) groups excluding carboxylic acids is 1. The average Bonchev–Trinajstić information content (AvgIpc) is 3.35. The summed E-state index contributed by atoms with van der Waals surface area (Å²) in [6.07, 6.45) is 7.82. The number of nitrogens with one attached hydrogen (secondary N) is 1. The monoisotopic (exact) mass is 323 g/mol. The number of aromatic nitrogens is 2. The van der Waals surface area contributed by atoms with E-state index in [4.69, 9.17) is 0 Å². The molecule has 0 spiro atoms. The van der Waals surface area contributed by atoms with Crippen LogP contribution in [0.1, 0.15) is 30.1 Å². The number of benzene rings is 1. The van der Waals surface area contributed by atoms with Crippen molar-refractivity contribution in [1.29, 1.82) is 0 Å². The molecule has 0 radical (unpaired) electrons. The minimum Gasteiger partial charge on any atom is -0.349 e. The fourth-order valence-electron chi connectivity index (χ4n) is 2.96. The van der Waals surface area contributed by atoms with Crippen LogP contribution in [0.25, 0.3) is 16.8 Å². The lowest BCUT2D eigenvalue weighted by molar-refractivity contribution is 0.0937. The molecule has 1 fully saturated rings. The van der Waals surface area contributed by atoms with Crippen molar-refractivity contribution >= 4 is 11.6 Å². The number of carbonyl (C=O) groups is 1. The Morgan fingerprint density at radius 1 is 1.25 bits per heavy atom. The fourth-order valence-corrected chi connectivity index (χ4v) is 2.96. The first-order valence-corrected chi connectivity index (χ1v) is 8.15. The normalized spacial score (nSPS) is 15.4. The molecule has 1 saturated carbocycles. The van der Waals surface area contributed by atoms with Crippen molar-refractivity contribution in [3.8, 4) is 11.1 Å². The summed E-state index contributed by atoms with van der Waals surface area (Å²) in [5.74, 6) is 0.261. The van der Waals surface area contributed by atoms with Crippen molar-refractivity contribution in [1.82, 2.24) is 14.7 Å². The number of halogens is 1. The predicted octanol–water partition coefficient (Wildman–Crippen LogP) is 3.67. The Balaban J connectivity index is 1.62. The van der Waals surface area contributed by atoms with Crippen molar-refractivity contribution in [3.63, 3.8) is 0 Å². The van der Waals surface area contributed by atoms with E-state index in [0.717, 1.165) is 11.1 Å². The molecule has 3 aromatic rings. The van der Waals surface area contributed by atoms with Gasteiger partial charge in [0.25, 0.3) is 5.91 Å². The van der Waals surface area contributed by atoms with Crippen LogP contribution >= 0.6 is 0 Å². The molecule has 0 saturated heterocycles. The summed E-state index contributed by atoms with van der Waals surface area (Å²) < 4.78 is 14.9. The third kappa shape index (κ3) is 2.77. The van der Waals surface area contributed by atoms with Gasteiger partial charge in [-0.05, 0) is 49.4 Å². The SMILES string of the molecule is CC(NC(=O)c1ccn2cc(-c3ccc(F)cc3)cnc12)C1CC1. The second kappa shape index (κ2) is 5.74. The standard InChI is InChI=1S/C19H18FN3O/c1-12(13-2-3-13)22-19(24)17-8-9-23-11-15(10-21-18(17)23)14-4-6-16(20)7-5-14/h4-13H,2-3H2,1H3,(H,22,24). The highest BCUT2D eigenvalue weighted by molar-refractivity contribution is 6.00. The molecule has 1 atom stereocenters. The summed E-state index contributed by atoms with van der Waals surface area (Å²) in [5.41, 5.74) is 2.96. The molecule has 1 unspecified atom stereocenters. The zero-order valence-corrected chi connectivity index (χ0v) is 13.4. The van der Waals surface area contributed by atoms with Gasteiger partial charge in [-0.2, -0.15) is 0 Å². The zero-order valence-electron chi connectivity index (χ0n) is 13.4. The number of hydrogen-bond acceptors (Lipinski definition) is 2. The third-order valence-corrected chi connectivity index (χ3v) is 4.60. The highest BCUT2D eigenvalue weighted by Gasteiger charge is 2.29. The highest BCUT2D eigenvalue weighted by atomic mass is 19.1. The summed E-state index contributed by atoms with van der Waals surface area (Å²) in [7, 11) is 0. The second-order valence-electron chi connectivity index (χ2n) is 6.41. The Bertz CT molecular complexity index is 897. The Morgan fingerprint density at radius 3 is 2.71 bits per heavy atom. The van der Waals surface area contributed by atoms with E-state index in [0.29, 0.717) is 17.1 Å². The van der Waals surface area contributed by atoms with Crippen molar-refractivity contribution < 1.29 is 9.18 Å². The van der Waals surface area contributed by atoms with Crippen LogP contribution in [0.3, 0.4) is 0 Å². The third-order valence-electron chi connectivity index (χ3n) is 4.60. The number of hydrogen-bond donors (Lipinski definition) is 1. The maximum Gasteiger partial charge on any atom is 0.255 e. The molecule has 0 bridgehead atoms. The minimum absolute atomic E-state index is 0.0843. The Kier molecular flexibility index (Phi) is 3.56. The topological polar surface area (TPSA) is 46.4 Å². The molecule has 1 amide bonds. The van der Waals surface area contributed by atoms with Gasteiger partial charge < -0.3 is 9.72 Å². The van der Waals surface area contributed by atoms with Gasteiger partial charge in [-0.1, -0.05) is 12.1 Å². The Hall–Kier alpha value is -2.69. The Labute approximate surface area is 139 Å². The zero-order chi connectivity index (χ0) is 16.7. The molecule has 4 nitrogen and oxygen atoms in total. The molecule has 24 heavy (non-hydrogen) atoms. The molecule has 1 aromatic carbocycles. The van der Waals surface area contributed by atoms with Gasteiger partial charge in [0, 0.05) is 30.2 Å². The highest BCUT2D eigenvalue weighted by Crippen LogP contribution is 2.32. The van der Waals surface area contributed by atoms with E-state index < -0.39 is 0 Å². The Morgan fingerprint density at radius 2 is 2.00 bits per heavy atom. The number of fused-ring (bicyclic) bond motifs is 1. The first-order valence-electron chi connectivity index (χ1n) is 8.15. The van der Waals surface area contributed by atoms with Gasteiger partial charge in [-0.3, -0.25) is 4.79 Å². The molecule has 1 aliphatic carbocycles. The minimum atomic E-state index is -0.266. The van der Waals surface area contributed by atoms with Crippen LogP contribution in [0, 0.1) is 11.7 Å². The number of amides is 1. The summed E-state index contributed by atoms with van der Waals surface area (Å²) >= 11 is 0. The second-order valence-corrected chi connectivity index (χ2v) is 6.41. The lowest BCUT2D eigenvalue weighted by Gasteiger charge is -2.12. The van der Waals surface area contributed by atoms with Crippen LogP contribution in [0.15, 0.2) is 48.9 Å². The van der Waals surface area contributed by atoms with Crippen LogP contribution < -0.4 is 5.32 Å². The first-order chi connectivity index (χ1) is 11.6. The fraction of sp³-hybridized carbons (Fsp3) is 0.263. The van der Waals surface area contributed by atoms with Crippen molar-refractivity contribution in [2.24, 2.45) is 5.92 Å². The van der Waals surface area contributed by atoms with Crippen LogP contribution in [0.4, 0.5) is 4.39 Å². The van der Waals surface area contributed by atoms with Gasteiger partial charge >= 0.3 is 0 Å². The summed E-state index contributed by atoms with van der Waals surface area (Å²) in [6, 6.07) is 8.26. The van der Waals surface area contributed by atoms with Gasteiger partial charge in [0.1, 0.15) is 11.5 Å². The van der Waals surface area contributed by atoms with Crippen molar-refractivity contribution in [3.05, 3.63) is 60.3 Å². The maximum atomic E-state index is 13.0. The maximum absolute atomic E-state index is 13.0. The van der Waals surface area contributed by atoms with Gasteiger partial charge in [-0.25, -0.2) is 9.37 Å². The van der Waals surface area contributed by atoms with Gasteiger partial charge in [0.2, 0.25) is 0 Å². The molecule has 122 valence electrons. The van der Waals surface area contributed by atoms with E-state index in [1.807, 2.05) is 23.7 Å². The summed E-state index contributed by atoms with van der Waals surface area (Å²) in [5, 5.41) is 3.05. The van der Waals surface area contributed by atoms with Crippen LogP contribution in [-0.4, -0.2) is 21.3 Å². The van der Waals surface area contributed by atoms with Gasteiger partial charge in [0.05, 0.1) is 5.56 Å². The van der Waals surface area contributed by atoms with Crippen LogP contribution in [0.5, 0.6) is 0 Å². The quantitative estimate of drug-likeness (QED) is 0.796. The molecular weight excluding hydrogens is 305 g/mol. The van der Waals surface area contributed by atoms with Gasteiger partial charge in [0.15, 0.2) is 0 Å². The van der Waals surface area contributed by atoms with E-state index >= 15 is 0 Å². The molecule has 2 aromatic heterocycles. The van der Waals surface area contributed by atoms with E-state index in [1.54, 1.807) is 24.4 Å². The molecule has 4 rings (SSSR count). The predicted molar refractivity (Wildman–Crippen MR) is 90.2 cm³/mol. The molecule has 1 N–H and O–H groups in total. The van der Waals surface area contributed by atoms with E-state index in [-0.39, 0.29) is 17.8 Å². The lowest BCUT2D eigenvalue weighted by Crippen LogP contribution is -2.33. The average molecular weight is 323 g/mol. The smallest absolute Gasteiger partial charge is 0.255 e.